The number of alkyl carbamates (subject to hydrolysis) is 1. The molecule has 9 heteroatoms. The fourth-order valence-electron chi connectivity index (χ4n) is 4.76. The number of nitrogens with zero attached hydrogens (tertiary/aromatic N) is 1. The molecule has 0 spiro atoms. The van der Waals surface area contributed by atoms with Crippen LogP contribution in [-0.4, -0.2) is 80.1 Å². The average Bonchev–Trinajstić information content (AvgIpc) is 3.45. The van der Waals surface area contributed by atoms with Crippen molar-refractivity contribution in [1.29, 1.82) is 0 Å². The van der Waals surface area contributed by atoms with Gasteiger partial charge >= 0.3 is 12.1 Å². The molecule has 0 radical (unpaired) electrons. The zero-order chi connectivity index (χ0) is 24.8. The quantitative estimate of drug-likeness (QED) is 0.501. The van der Waals surface area contributed by atoms with Crippen molar-refractivity contribution in [3.63, 3.8) is 0 Å². The van der Waals surface area contributed by atoms with Crippen molar-refractivity contribution in [2.75, 3.05) is 40.0 Å². The van der Waals surface area contributed by atoms with Gasteiger partial charge in [-0.2, -0.15) is 0 Å². The van der Waals surface area contributed by atoms with Crippen LogP contribution >= 0.6 is 0 Å². The number of carboxylic acids is 1. The molecule has 186 valence electrons. The average molecular weight is 483 g/mol. The molecule has 0 aromatic heterocycles. The molecule has 2 atom stereocenters. The molecule has 1 fully saturated rings. The van der Waals surface area contributed by atoms with Crippen LogP contribution in [0.1, 0.15) is 29.9 Å². The van der Waals surface area contributed by atoms with E-state index in [1.807, 2.05) is 24.3 Å². The van der Waals surface area contributed by atoms with E-state index in [4.69, 9.17) is 14.2 Å². The number of fused-ring (bicyclic) bond motifs is 3. The third-order valence-electron chi connectivity index (χ3n) is 6.52. The minimum absolute atomic E-state index is 0.00617. The normalized spacial score (nSPS) is 18.7. The van der Waals surface area contributed by atoms with Gasteiger partial charge in [-0.15, -0.1) is 0 Å². The zero-order valence-corrected chi connectivity index (χ0v) is 19.6. The van der Waals surface area contributed by atoms with Gasteiger partial charge in [0.15, 0.2) is 0 Å². The van der Waals surface area contributed by atoms with Crippen LogP contribution in [0, 0.1) is 0 Å². The van der Waals surface area contributed by atoms with Gasteiger partial charge < -0.3 is 29.5 Å². The van der Waals surface area contributed by atoms with Gasteiger partial charge in [0.25, 0.3) is 0 Å². The van der Waals surface area contributed by atoms with Gasteiger partial charge in [0.05, 0.1) is 25.7 Å². The number of carbonyl (C=O) groups excluding carboxylic acids is 2. The first-order chi connectivity index (χ1) is 17.0. The van der Waals surface area contributed by atoms with Crippen LogP contribution in [0.5, 0.6) is 0 Å². The molecule has 35 heavy (non-hydrogen) atoms. The molecule has 1 heterocycles. The van der Waals surface area contributed by atoms with Crippen LogP contribution in [-0.2, 0) is 23.8 Å². The Labute approximate surface area is 204 Å². The summed E-state index contributed by atoms with van der Waals surface area (Å²) < 4.78 is 16.1. The molecule has 9 nitrogen and oxygen atoms in total. The van der Waals surface area contributed by atoms with Crippen LogP contribution in [0.4, 0.5) is 4.79 Å². The number of hydrogen-bond donors (Lipinski definition) is 2. The fraction of sp³-hybridized carbons (Fsp3) is 0.423. The van der Waals surface area contributed by atoms with Crippen LogP contribution in [0.15, 0.2) is 48.5 Å². The predicted octanol–water partition coefficient (Wildman–Crippen LogP) is 2.63. The summed E-state index contributed by atoms with van der Waals surface area (Å²) in [5.41, 5.74) is 4.63. The second kappa shape index (κ2) is 11.3. The number of amides is 2. The number of carboxylic acid groups (broad SMARTS) is 1. The molecule has 2 aromatic carbocycles. The minimum Gasteiger partial charge on any atom is -0.480 e. The summed E-state index contributed by atoms with van der Waals surface area (Å²) in [4.78, 5) is 37.3. The van der Waals surface area contributed by atoms with E-state index in [1.165, 1.54) is 23.1 Å². The highest BCUT2D eigenvalue weighted by molar-refractivity contribution is 5.84. The Morgan fingerprint density at radius 3 is 2.31 bits per heavy atom. The number of carbonyl (C=O) groups is 3. The standard InChI is InChI=1S/C26H30N2O7/c1-33-17-14-23(25(30)31)28(15-17)24(29)10-12-34-13-11-27-26(32)35-16-22-20-8-4-2-6-18(20)19-7-3-5-9-21(19)22/h2-9,17,22-23H,10-16H2,1H3,(H,27,32)(H,30,31). The van der Waals surface area contributed by atoms with E-state index >= 15 is 0 Å². The second-order valence-corrected chi connectivity index (χ2v) is 8.61. The van der Waals surface area contributed by atoms with Crippen molar-refractivity contribution < 1.29 is 33.7 Å². The van der Waals surface area contributed by atoms with Gasteiger partial charge in [0, 0.05) is 32.5 Å². The lowest BCUT2D eigenvalue weighted by molar-refractivity contribution is -0.148. The molecule has 2 aromatic rings. The third kappa shape index (κ3) is 5.63. The van der Waals surface area contributed by atoms with Gasteiger partial charge in [-0.3, -0.25) is 4.79 Å². The summed E-state index contributed by atoms with van der Waals surface area (Å²) in [7, 11) is 1.50. The Morgan fingerprint density at radius 1 is 1.03 bits per heavy atom. The van der Waals surface area contributed by atoms with Gasteiger partial charge in [-0.1, -0.05) is 48.5 Å². The molecule has 1 aliphatic heterocycles. The lowest BCUT2D eigenvalue weighted by Gasteiger charge is -2.21. The summed E-state index contributed by atoms with van der Waals surface area (Å²) in [6.45, 7) is 1.07. The molecule has 2 N–H and O–H groups in total. The highest BCUT2D eigenvalue weighted by Gasteiger charge is 2.39. The highest BCUT2D eigenvalue weighted by atomic mass is 16.5. The number of hydrogen-bond acceptors (Lipinski definition) is 6. The largest absolute Gasteiger partial charge is 0.480 e. The molecule has 2 unspecified atom stereocenters. The molecule has 2 aliphatic rings. The van der Waals surface area contributed by atoms with Gasteiger partial charge in [-0.05, 0) is 22.3 Å². The van der Waals surface area contributed by atoms with Gasteiger partial charge in [0.2, 0.25) is 5.91 Å². The number of aliphatic carboxylic acids is 1. The van der Waals surface area contributed by atoms with E-state index in [0.717, 1.165) is 11.1 Å². The number of likely N-dealkylation sites (tertiary alicyclic amines) is 1. The van der Waals surface area contributed by atoms with E-state index in [1.54, 1.807) is 0 Å². The van der Waals surface area contributed by atoms with Gasteiger partial charge in [-0.25, -0.2) is 9.59 Å². The van der Waals surface area contributed by atoms with E-state index in [9.17, 15) is 19.5 Å². The number of ether oxygens (including phenoxy) is 3. The molecule has 1 saturated heterocycles. The molecule has 4 rings (SSSR count). The van der Waals surface area contributed by atoms with Gasteiger partial charge in [0.1, 0.15) is 12.6 Å². The number of methoxy groups -OCH3 is 1. The number of rotatable bonds is 10. The topological polar surface area (TPSA) is 114 Å². The van der Waals surface area contributed by atoms with Crippen LogP contribution in [0.3, 0.4) is 0 Å². The zero-order valence-electron chi connectivity index (χ0n) is 19.6. The molecule has 0 saturated carbocycles. The monoisotopic (exact) mass is 482 g/mol. The van der Waals surface area contributed by atoms with Crippen LogP contribution in [0.2, 0.25) is 0 Å². The number of benzene rings is 2. The third-order valence-corrected chi connectivity index (χ3v) is 6.52. The van der Waals surface area contributed by atoms with Crippen molar-refractivity contribution in [3.8, 4) is 11.1 Å². The summed E-state index contributed by atoms with van der Waals surface area (Å²) >= 11 is 0. The Kier molecular flexibility index (Phi) is 7.99. The summed E-state index contributed by atoms with van der Waals surface area (Å²) in [6.07, 6.45) is -0.464. The maximum Gasteiger partial charge on any atom is 0.407 e. The first-order valence-electron chi connectivity index (χ1n) is 11.7. The van der Waals surface area contributed by atoms with Crippen molar-refractivity contribution in [2.24, 2.45) is 0 Å². The number of nitrogens with one attached hydrogen (secondary N) is 1. The molecule has 0 bridgehead atoms. The predicted molar refractivity (Wildman–Crippen MR) is 127 cm³/mol. The van der Waals surface area contributed by atoms with E-state index in [-0.39, 0.29) is 63.7 Å². The van der Waals surface area contributed by atoms with Crippen LogP contribution in [0.25, 0.3) is 11.1 Å². The summed E-state index contributed by atoms with van der Waals surface area (Å²) in [6, 6.07) is 15.4. The Hall–Kier alpha value is -3.43. The maximum atomic E-state index is 12.4. The lowest BCUT2D eigenvalue weighted by Crippen LogP contribution is -2.41. The highest BCUT2D eigenvalue weighted by Crippen LogP contribution is 2.44. The Balaban J connectivity index is 1.15. The molecular weight excluding hydrogens is 452 g/mol. The summed E-state index contributed by atoms with van der Waals surface area (Å²) in [5, 5.41) is 12.0. The fourth-order valence-corrected chi connectivity index (χ4v) is 4.76. The van der Waals surface area contributed by atoms with Crippen molar-refractivity contribution in [1.82, 2.24) is 10.2 Å². The van der Waals surface area contributed by atoms with E-state index in [2.05, 4.69) is 29.6 Å². The smallest absolute Gasteiger partial charge is 0.407 e. The Bertz CT molecular complexity index is 1030. The van der Waals surface area contributed by atoms with Crippen molar-refractivity contribution in [2.45, 2.75) is 30.9 Å². The van der Waals surface area contributed by atoms with E-state index in [0.29, 0.717) is 0 Å². The van der Waals surface area contributed by atoms with Crippen molar-refractivity contribution in [3.05, 3.63) is 59.7 Å². The molecular formula is C26H30N2O7. The second-order valence-electron chi connectivity index (χ2n) is 8.61. The molecule has 2 amide bonds. The molecule has 1 aliphatic carbocycles. The van der Waals surface area contributed by atoms with Crippen molar-refractivity contribution >= 4 is 18.0 Å². The maximum absolute atomic E-state index is 12.4. The lowest BCUT2D eigenvalue weighted by atomic mass is 9.98. The first-order valence-corrected chi connectivity index (χ1v) is 11.7. The first kappa shape index (κ1) is 24.7. The van der Waals surface area contributed by atoms with Crippen LogP contribution < -0.4 is 5.32 Å². The minimum atomic E-state index is -1.04. The SMILES string of the molecule is COC1CC(C(=O)O)N(C(=O)CCOCCNC(=O)OCC2c3ccccc3-c3ccccc32)C1. The summed E-state index contributed by atoms with van der Waals surface area (Å²) in [5.74, 6) is -1.33. The van der Waals surface area contributed by atoms with E-state index < -0.39 is 18.1 Å². The Morgan fingerprint density at radius 2 is 1.69 bits per heavy atom.